The smallest absolute Gasteiger partial charge is 0.258 e. The lowest BCUT2D eigenvalue weighted by Crippen LogP contribution is -2.48. The van der Waals surface area contributed by atoms with Crippen molar-refractivity contribution >= 4 is 22.2 Å². The molecule has 2 aromatic carbocycles. The number of benzene rings is 2. The molecule has 0 aliphatic carbocycles. The highest BCUT2D eigenvalue weighted by Crippen LogP contribution is 2.20. The zero-order valence-electron chi connectivity index (χ0n) is 17.0. The van der Waals surface area contributed by atoms with Crippen LogP contribution in [0.15, 0.2) is 77.0 Å². The molecule has 0 unspecified atom stereocenters. The monoisotopic (exact) mass is 430 g/mol. The van der Waals surface area contributed by atoms with Gasteiger partial charge in [0.25, 0.3) is 11.5 Å². The maximum absolute atomic E-state index is 12.9. The quantitative estimate of drug-likeness (QED) is 0.498. The second kappa shape index (κ2) is 8.45. The van der Waals surface area contributed by atoms with Crippen LogP contribution in [-0.4, -0.2) is 51.3 Å². The summed E-state index contributed by atoms with van der Waals surface area (Å²) >= 11 is 1.46. The van der Waals surface area contributed by atoms with Crippen LogP contribution in [0, 0.1) is 0 Å². The van der Waals surface area contributed by atoms with E-state index in [2.05, 4.69) is 22.0 Å². The number of fused-ring (bicyclic) bond motifs is 1. The fourth-order valence-electron chi connectivity index (χ4n) is 3.93. The highest BCUT2D eigenvalue weighted by Gasteiger charge is 2.22. The third-order valence-corrected chi connectivity index (χ3v) is 6.40. The van der Waals surface area contributed by atoms with Crippen molar-refractivity contribution in [3.8, 4) is 11.1 Å². The first-order valence-corrected chi connectivity index (χ1v) is 11.2. The van der Waals surface area contributed by atoms with E-state index in [1.807, 2.05) is 52.7 Å². The van der Waals surface area contributed by atoms with Gasteiger partial charge in [0.2, 0.25) is 0 Å². The summed E-state index contributed by atoms with van der Waals surface area (Å²) in [4.78, 5) is 34.5. The highest BCUT2D eigenvalue weighted by atomic mass is 32.1. The van der Waals surface area contributed by atoms with Crippen LogP contribution in [0.5, 0.6) is 0 Å². The van der Waals surface area contributed by atoms with Crippen molar-refractivity contribution in [3.63, 3.8) is 0 Å². The zero-order valence-corrected chi connectivity index (χ0v) is 17.8. The topological polar surface area (TPSA) is 57.9 Å². The Balaban J connectivity index is 1.21. The molecular formula is C24H22N4O2S. The molecule has 3 heterocycles. The molecule has 7 heteroatoms. The minimum atomic E-state index is -0.0472. The van der Waals surface area contributed by atoms with E-state index in [0.29, 0.717) is 25.2 Å². The van der Waals surface area contributed by atoms with Gasteiger partial charge in [-0.05, 0) is 23.3 Å². The van der Waals surface area contributed by atoms with Gasteiger partial charge in [-0.2, -0.15) is 0 Å². The van der Waals surface area contributed by atoms with Crippen LogP contribution in [0.2, 0.25) is 0 Å². The Morgan fingerprint density at radius 1 is 0.935 bits per heavy atom. The van der Waals surface area contributed by atoms with Gasteiger partial charge in [-0.25, -0.2) is 4.98 Å². The van der Waals surface area contributed by atoms with Crippen molar-refractivity contribution in [2.45, 2.75) is 6.54 Å². The van der Waals surface area contributed by atoms with Gasteiger partial charge in [-0.15, -0.1) is 11.3 Å². The lowest BCUT2D eigenvalue weighted by Gasteiger charge is -2.34. The van der Waals surface area contributed by atoms with Crippen LogP contribution in [0.25, 0.3) is 16.1 Å². The molecule has 5 rings (SSSR count). The number of hydrogen-bond acceptors (Lipinski definition) is 5. The molecule has 1 aliphatic rings. The van der Waals surface area contributed by atoms with E-state index in [-0.39, 0.29) is 11.5 Å². The summed E-state index contributed by atoms with van der Waals surface area (Å²) in [5, 5.41) is 1.87. The molecule has 0 radical (unpaired) electrons. The molecule has 1 aliphatic heterocycles. The minimum absolute atomic E-state index is 0.0472. The first kappa shape index (κ1) is 19.7. The molecule has 0 N–H and O–H groups in total. The van der Waals surface area contributed by atoms with E-state index in [1.165, 1.54) is 11.3 Å². The second-order valence-corrected chi connectivity index (χ2v) is 8.53. The van der Waals surface area contributed by atoms with Gasteiger partial charge in [0.05, 0.1) is 5.69 Å². The summed E-state index contributed by atoms with van der Waals surface area (Å²) in [6, 6.07) is 19.6. The first-order chi connectivity index (χ1) is 15.2. The number of nitrogens with zero attached hydrogens (tertiary/aromatic N) is 4. The average molecular weight is 431 g/mol. The van der Waals surface area contributed by atoms with Gasteiger partial charge in [-0.3, -0.25) is 18.9 Å². The predicted octanol–water partition coefficient (Wildman–Crippen LogP) is 3.38. The summed E-state index contributed by atoms with van der Waals surface area (Å²) in [6.07, 6.45) is 1.75. The Morgan fingerprint density at radius 3 is 2.39 bits per heavy atom. The molecule has 1 amide bonds. The molecule has 0 spiro atoms. The number of hydrogen-bond donors (Lipinski definition) is 0. The third-order valence-electron chi connectivity index (χ3n) is 5.64. The molecule has 0 atom stereocenters. The van der Waals surface area contributed by atoms with Crippen LogP contribution in [0.4, 0.5) is 0 Å². The number of thiazole rings is 1. The van der Waals surface area contributed by atoms with Gasteiger partial charge in [0, 0.05) is 55.9 Å². The van der Waals surface area contributed by atoms with Gasteiger partial charge >= 0.3 is 0 Å². The van der Waals surface area contributed by atoms with Gasteiger partial charge < -0.3 is 4.90 Å². The van der Waals surface area contributed by atoms with E-state index >= 15 is 0 Å². The van der Waals surface area contributed by atoms with Crippen molar-refractivity contribution in [3.05, 3.63) is 93.9 Å². The van der Waals surface area contributed by atoms with Gasteiger partial charge in [-0.1, -0.05) is 42.5 Å². The van der Waals surface area contributed by atoms with E-state index in [0.717, 1.165) is 34.9 Å². The lowest BCUT2D eigenvalue weighted by molar-refractivity contribution is 0.0627. The SMILES string of the molecule is O=C(c1ccc(-c2ccccc2)cc1)N1CCN(Cc2cc(=O)n3ccsc3n2)CC1. The Morgan fingerprint density at radius 2 is 1.65 bits per heavy atom. The molecule has 156 valence electrons. The highest BCUT2D eigenvalue weighted by molar-refractivity contribution is 7.15. The fourth-order valence-corrected chi connectivity index (χ4v) is 4.66. The molecule has 1 saturated heterocycles. The largest absolute Gasteiger partial charge is 0.336 e. The molecule has 1 fully saturated rings. The summed E-state index contributed by atoms with van der Waals surface area (Å²) in [5.41, 5.74) is 3.70. The maximum Gasteiger partial charge on any atom is 0.258 e. The Kier molecular flexibility index (Phi) is 5.36. The summed E-state index contributed by atoms with van der Waals surface area (Å²) < 4.78 is 1.56. The number of aromatic nitrogens is 2. The second-order valence-electron chi connectivity index (χ2n) is 7.65. The molecule has 4 aromatic rings. The standard InChI is InChI=1S/C24H22N4O2S/c29-22-16-21(25-24-28(22)14-15-31-24)17-26-10-12-27(13-11-26)23(30)20-8-6-19(7-9-20)18-4-2-1-3-5-18/h1-9,14-16H,10-13,17H2. The number of carbonyl (C=O) groups is 1. The predicted molar refractivity (Wildman–Crippen MR) is 122 cm³/mol. The van der Waals surface area contributed by atoms with Crippen molar-refractivity contribution in [2.75, 3.05) is 26.2 Å². The molecule has 2 aromatic heterocycles. The molecule has 31 heavy (non-hydrogen) atoms. The summed E-state index contributed by atoms with van der Waals surface area (Å²) in [6.45, 7) is 3.48. The van der Waals surface area contributed by atoms with Gasteiger partial charge in [0.15, 0.2) is 4.96 Å². The fraction of sp³-hybridized carbons (Fsp3) is 0.208. The number of carbonyl (C=O) groups excluding carboxylic acids is 1. The average Bonchev–Trinajstić information content (AvgIpc) is 3.29. The van der Waals surface area contributed by atoms with Crippen molar-refractivity contribution in [2.24, 2.45) is 0 Å². The van der Waals surface area contributed by atoms with Crippen molar-refractivity contribution in [1.29, 1.82) is 0 Å². The Labute approximate surface area is 184 Å². The van der Waals surface area contributed by atoms with Crippen LogP contribution in [0.1, 0.15) is 16.1 Å². The zero-order chi connectivity index (χ0) is 21.2. The van der Waals surface area contributed by atoms with E-state index in [9.17, 15) is 9.59 Å². The van der Waals surface area contributed by atoms with E-state index < -0.39 is 0 Å². The Bertz CT molecular complexity index is 1260. The minimum Gasteiger partial charge on any atom is -0.336 e. The number of rotatable bonds is 4. The number of amides is 1. The molecular weight excluding hydrogens is 408 g/mol. The molecule has 0 saturated carbocycles. The van der Waals surface area contributed by atoms with Gasteiger partial charge in [0.1, 0.15) is 0 Å². The normalized spacial score (nSPS) is 14.8. The Hall–Kier alpha value is -3.29. The summed E-state index contributed by atoms with van der Waals surface area (Å²) in [5.74, 6) is 0.0654. The van der Waals surface area contributed by atoms with Crippen LogP contribution in [0.3, 0.4) is 0 Å². The lowest BCUT2D eigenvalue weighted by atomic mass is 10.0. The van der Waals surface area contributed by atoms with Crippen molar-refractivity contribution < 1.29 is 4.79 Å². The molecule has 0 bridgehead atoms. The van der Waals surface area contributed by atoms with E-state index in [4.69, 9.17) is 0 Å². The summed E-state index contributed by atoms with van der Waals surface area (Å²) in [7, 11) is 0. The van der Waals surface area contributed by atoms with Crippen molar-refractivity contribution in [1.82, 2.24) is 19.2 Å². The first-order valence-electron chi connectivity index (χ1n) is 10.3. The molecule has 6 nitrogen and oxygen atoms in total. The number of piperazine rings is 1. The maximum atomic E-state index is 12.9. The van der Waals surface area contributed by atoms with Crippen LogP contribution >= 0.6 is 11.3 Å². The van der Waals surface area contributed by atoms with Crippen LogP contribution < -0.4 is 5.56 Å². The van der Waals surface area contributed by atoms with Crippen LogP contribution in [-0.2, 0) is 6.54 Å². The third kappa shape index (κ3) is 4.15. The van der Waals surface area contributed by atoms with E-state index in [1.54, 1.807) is 16.7 Å².